The molecule has 1 fully saturated rings. The van der Waals surface area contributed by atoms with Gasteiger partial charge in [0.15, 0.2) is 0 Å². The summed E-state index contributed by atoms with van der Waals surface area (Å²) >= 11 is 0. The van der Waals surface area contributed by atoms with Crippen molar-refractivity contribution in [3.05, 3.63) is 65.0 Å². The Hall–Kier alpha value is -2.45. The molecule has 29 heavy (non-hydrogen) atoms. The number of hydrogen-bond acceptors (Lipinski definition) is 4. The van der Waals surface area contributed by atoms with Crippen LogP contribution in [0.3, 0.4) is 0 Å². The average molecular weight is 406 g/mol. The summed E-state index contributed by atoms with van der Waals surface area (Å²) in [6, 6.07) is 10.7. The third-order valence-corrected chi connectivity index (χ3v) is 4.96. The number of amides is 1. The van der Waals surface area contributed by atoms with E-state index in [1.165, 1.54) is 11.8 Å². The molecule has 0 bridgehead atoms. The minimum absolute atomic E-state index is 0.0250. The van der Waals surface area contributed by atoms with Crippen molar-refractivity contribution in [3.8, 4) is 0 Å². The van der Waals surface area contributed by atoms with Gasteiger partial charge in [-0.15, -0.1) is 0 Å². The highest BCUT2D eigenvalue weighted by molar-refractivity contribution is 5.78. The van der Waals surface area contributed by atoms with Gasteiger partial charge in [0, 0.05) is 45.5 Å². The molecule has 0 aliphatic carbocycles. The Morgan fingerprint density at radius 2 is 1.69 bits per heavy atom. The molecule has 1 saturated heterocycles. The molecule has 0 unspecified atom stereocenters. The molecule has 0 radical (unpaired) electrons. The maximum absolute atomic E-state index is 12.8. The second-order valence-corrected chi connectivity index (χ2v) is 7.36. The highest BCUT2D eigenvalue weighted by Gasteiger charge is 2.32. The van der Waals surface area contributed by atoms with Gasteiger partial charge in [-0.1, -0.05) is 29.8 Å². The first-order valence-electron chi connectivity index (χ1n) is 9.59. The minimum atomic E-state index is -4.43. The van der Waals surface area contributed by atoms with E-state index in [1.54, 1.807) is 6.07 Å². The van der Waals surface area contributed by atoms with Crippen molar-refractivity contribution in [3.63, 3.8) is 0 Å². The first-order valence-corrected chi connectivity index (χ1v) is 9.59. The summed E-state index contributed by atoms with van der Waals surface area (Å²) in [6.45, 7) is 6.11. The molecule has 1 aromatic heterocycles. The Balaban J connectivity index is 1.41. The quantitative estimate of drug-likeness (QED) is 0.802. The van der Waals surface area contributed by atoms with Gasteiger partial charge in [-0.05, 0) is 30.2 Å². The van der Waals surface area contributed by atoms with Gasteiger partial charge in [-0.25, -0.2) is 0 Å². The topological polar surface area (TPSA) is 48.5 Å². The molecule has 1 aliphatic heterocycles. The summed E-state index contributed by atoms with van der Waals surface area (Å²) < 4.78 is 38.4. The van der Waals surface area contributed by atoms with Crippen LogP contribution >= 0.6 is 0 Å². The van der Waals surface area contributed by atoms with Crippen LogP contribution in [0.5, 0.6) is 0 Å². The summed E-state index contributed by atoms with van der Waals surface area (Å²) in [7, 11) is 0. The van der Waals surface area contributed by atoms with Crippen LogP contribution in [0.1, 0.15) is 22.4 Å². The number of aryl methyl sites for hydroxylation is 1. The minimum Gasteiger partial charge on any atom is -0.351 e. The lowest BCUT2D eigenvalue weighted by molar-refractivity contribution is -0.141. The van der Waals surface area contributed by atoms with Crippen LogP contribution in [0, 0.1) is 6.92 Å². The van der Waals surface area contributed by atoms with Gasteiger partial charge in [0.1, 0.15) is 5.69 Å². The van der Waals surface area contributed by atoms with E-state index >= 15 is 0 Å². The summed E-state index contributed by atoms with van der Waals surface area (Å²) in [4.78, 5) is 19.7. The van der Waals surface area contributed by atoms with Gasteiger partial charge < -0.3 is 5.32 Å². The average Bonchev–Trinajstić information content (AvgIpc) is 2.69. The number of hydrogen-bond donors (Lipinski definition) is 1. The van der Waals surface area contributed by atoms with E-state index in [0.29, 0.717) is 51.4 Å². The summed E-state index contributed by atoms with van der Waals surface area (Å²) in [6.07, 6.45) is -3.23. The van der Waals surface area contributed by atoms with Crippen LogP contribution in [0.25, 0.3) is 0 Å². The maximum Gasteiger partial charge on any atom is 0.433 e. The SMILES string of the molecule is Cc1ccc(CNC(=O)CN2CCN(Cc3ccnc(C(F)(F)F)c3)CC2)cc1. The van der Waals surface area contributed by atoms with Crippen LogP contribution in [-0.2, 0) is 24.1 Å². The molecule has 2 heterocycles. The van der Waals surface area contributed by atoms with E-state index < -0.39 is 11.9 Å². The first kappa shape index (κ1) is 21.3. The lowest BCUT2D eigenvalue weighted by Crippen LogP contribution is -2.49. The molecule has 156 valence electrons. The van der Waals surface area contributed by atoms with Gasteiger partial charge in [0.2, 0.25) is 5.91 Å². The van der Waals surface area contributed by atoms with Gasteiger partial charge in [0.05, 0.1) is 6.54 Å². The zero-order valence-corrected chi connectivity index (χ0v) is 16.4. The van der Waals surface area contributed by atoms with Crippen LogP contribution < -0.4 is 5.32 Å². The highest BCUT2D eigenvalue weighted by Crippen LogP contribution is 2.28. The summed E-state index contributed by atoms with van der Waals surface area (Å²) in [5.41, 5.74) is 1.97. The largest absolute Gasteiger partial charge is 0.433 e. The second kappa shape index (κ2) is 9.37. The van der Waals surface area contributed by atoms with Crippen molar-refractivity contribution >= 4 is 5.91 Å². The summed E-state index contributed by atoms with van der Waals surface area (Å²) in [5, 5.41) is 2.93. The van der Waals surface area contributed by atoms with Crippen LogP contribution in [-0.4, -0.2) is 53.4 Å². The Morgan fingerprint density at radius 1 is 1.03 bits per heavy atom. The third-order valence-electron chi connectivity index (χ3n) is 4.96. The normalized spacial score (nSPS) is 16.0. The molecule has 1 amide bonds. The number of carbonyl (C=O) groups excluding carboxylic acids is 1. The molecule has 1 aromatic carbocycles. The molecule has 2 aromatic rings. The Kier molecular flexibility index (Phi) is 6.87. The van der Waals surface area contributed by atoms with E-state index in [1.807, 2.05) is 31.2 Å². The number of carbonyl (C=O) groups is 1. The van der Waals surface area contributed by atoms with E-state index in [2.05, 4.69) is 20.1 Å². The highest BCUT2D eigenvalue weighted by atomic mass is 19.4. The molecule has 0 spiro atoms. The number of nitrogens with one attached hydrogen (secondary N) is 1. The van der Waals surface area contributed by atoms with E-state index in [-0.39, 0.29) is 5.91 Å². The number of nitrogens with zero attached hydrogens (tertiary/aromatic N) is 3. The Labute approximate surface area is 168 Å². The molecule has 5 nitrogen and oxygen atoms in total. The van der Waals surface area contributed by atoms with Gasteiger partial charge in [-0.3, -0.25) is 19.6 Å². The van der Waals surface area contributed by atoms with E-state index in [0.717, 1.165) is 11.6 Å². The van der Waals surface area contributed by atoms with Crippen molar-refractivity contribution in [2.45, 2.75) is 26.2 Å². The maximum atomic E-state index is 12.8. The molecule has 0 atom stereocenters. The number of alkyl halides is 3. The number of halogens is 3. The number of benzene rings is 1. The summed E-state index contributed by atoms with van der Waals surface area (Å²) in [5.74, 6) is -0.0250. The zero-order valence-electron chi connectivity index (χ0n) is 16.4. The van der Waals surface area contributed by atoms with Crippen LogP contribution in [0.15, 0.2) is 42.6 Å². The third kappa shape index (κ3) is 6.54. The molecular weight excluding hydrogens is 381 g/mol. The lowest BCUT2D eigenvalue weighted by atomic mass is 10.1. The lowest BCUT2D eigenvalue weighted by Gasteiger charge is -2.34. The van der Waals surface area contributed by atoms with Crippen molar-refractivity contribution in [1.82, 2.24) is 20.1 Å². The Morgan fingerprint density at radius 3 is 2.34 bits per heavy atom. The molecule has 8 heteroatoms. The van der Waals surface area contributed by atoms with E-state index in [9.17, 15) is 18.0 Å². The van der Waals surface area contributed by atoms with Crippen LogP contribution in [0.2, 0.25) is 0 Å². The molecule has 1 N–H and O–H groups in total. The fourth-order valence-corrected chi connectivity index (χ4v) is 3.26. The van der Waals surface area contributed by atoms with Crippen molar-refractivity contribution < 1.29 is 18.0 Å². The fraction of sp³-hybridized carbons (Fsp3) is 0.429. The van der Waals surface area contributed by atoms with Crippen LogP contribution in [0.4, 0.5) is 13.2 Å². The Bertz CT molecular complexity index is 815. The van der Waals surface area contributed by atoms with Gasteiger partial charge >= 0.3 is 6.18 Å². The monoisotopic (exact) mass is 406 g/mol. The van der Waals surface area contributed by atoms with Crippen molar-refractivity contribution in [2.24, 2.45) is 0 Å². The van der Waals surface area contributed by atoms with E-state index in [4.69, 9.17) is 0 Å². The number of piperazine rings is 1. The van der Waals surface area contributed by atoms with Gasteiger partial charge in [-0.2, -0.15) is 13.2 Å². The predicted molar refractivity (Wildman–Crippen MR) is 104 cm³/mol. The fourth-order valence-electron chi connectivity index (χ4n) is 3.26. The smallest absolute Gasteiger partial charge is 0.351 e. The van der Waals surface area contributed by atoms with Crippen molar-refractivity contribution in [2.75, 3.05) is 32.7 Å². The molecule has 0 saturated carbocycles. The number of pyridine rings is 1. The predicted octanol–water partition coefficient (Wildman–Crippen LogP) is 2.84. The first-order chi connectivity index (χ1) is 13.8. The number of aromatic nitrogens is 1. The molecular formula is C21H25F3N4O. The van der Waals surface area contributed by atoms with Crippen molar-refractivity contribution in [1.29, 1.82) is 0 Å². The molecule has 1 aliphatic rings. The second-order valence-electron chi connectivity index (χ2n) is 7.36. The zero-order chi connectivity index (χ0) is 20.9. The standard InChI is InChI=1S/C21H25F3N4O/c1-16-2-4-17(5-3-16)13-26-20(29)15-28-10-8-27(9-11-28)14-18-6-7-25-19(12-18)21(22,23)24/h2-7,12H,8-11,13-15H2,1H3,(H,26,29). The van der Waals surface area contributed by atoms with Gasteiger partial charge in [0.25, 0.3) is 0 Å². The molecule has 3 rings (SSSR count). The number of rotatable bonds is 6.